The molecule has 1 aliphatic heterocycles. The molecule has 7 heteroatoms. The number of likely N-dealkylation sites (tertiary alicyclic amines) is 1. The molecule has 3 rings (SSSR count). The lowest BCUT2D eigenvalue weighted by atomic mass is 10.2. The van der Waals surface area contributed by atoms with Crippen LogP contribution in [0.3, 0.4) is 0 Å². The van der Waals surface area contributed by atoms with Gasteiger partial charge in [-0.3, -0.25) is 14.8 Å². The SMILES string of the molecule is CN=C(NCC(c1ccco1)N(C)C)NCC(c1cccs1)N1CCCC1. The van der Waals surface area contributed by atoms with E-state index in [-0.39, 0.29) is 6.04 Å². The quantitative estimate of drug-likeness (QED) is 0.537. The average molecular weight is 390 g/mol. The molecule has 0 bridgehead atoms. The lowest BCUT2D eigenvalue weighted by Crippen LogP contribution is -2.44. The van der Waals surface area contributed by atoms with Gasteiger partial charge in [-0.1, -0.05) is 6.07 Å². The molecule has 1 saturated heterocycles. The highest BCUT2D eigenvalue weighted by atomic mass is 32.1. The fourth-order valence-electron chi connectivity index (χ4n) is 3.57. The van der Waals surface area contributed by atoms with Gasteiger partial charge in [-0.05, 0) is 63.6 Å². The van der Waals surface area contributed by atoms with Crippen molar-refractivity contribution in [2.75, 3.05) is 47.3 Å². The van der Waals surface area contributed by atoms with Crippen molar-refractivity contribution in [1.82, 2.24) is 20.4 Å². The number of thiophene rings is 1. The first-order valence-electron chi connectivity index (χ1n) is 9.61. The second-order valence-electron chi connectivity index (χ2n) is 7.10. The van der Waals surface area contributed by atoms with Crippen LogP contribution in [-0.4, -0.2) is 63.1 Å². The van der Waals surface area contributed by atoms with Gasteiger partial charge in [0.15, 0.2) is 5.96 Å². The van der Waals surface area contributed by atoms with Crippen LogP contribution in [0.4, 0.5) is 0 Å². The molecule has 2 N–H and O–H groups in total. The van der Waals surface area contributed by atoms with Gasteiger partial charge >= 0.3 is 0 Å². The van der Waals surface area contributed by atoms with Gasteiger partial charge in [0, 0.05) is 25.0 Å². The van der Waals surface area contributed by atoms with Gasteiger partial charge in [0.05, 0.1) is 18.3 Å². The Bertz CT molecular complexity index is 677. The van der Waals surface area contributed by atoms with E-state index in [0.29, 0.717) is 6.04 Å². The summed E-state index contributed by atoms with van der Waals surface area (Å²) in [6.07, 6.45) is 4.31. The molecule has 2 atom stereocenters. The third-order valence-electron chi connectivity index (χ3n) is 5.10. The second-order valence-corrected chi connectivity index (χ2v) is 8.08. The van der Waals surface area contributed by atoms with Crippen LogP contribution >= 0.6 is 11.3 Å². The Kier molecular flexibility index (Phi) is 7.32. The first-order valence-corrected chi connectivity index (χ1v) is 10.5. The Hall–Kier alpha value is -1.83. The molecule has 0 spiro atoms. The monoisotopic (exact) mass is 389 g/mol. The van der Waals surface area contributed by atoms with Gasteiger partial charge in [-0.2, -0.15) is 0 Å². The highest BCUT2D eigenvalue weighted by molar-refractivity contribution is 7.10. The zero-order valence-corrected chi connectivity index (χ0v) is 17.3. The largest absolute Gasteiger partial charge is 0.468 e. The molecule has 0 aliphatic carbocycles. The highest BCUT2D eigenvalue weighted by Crippen LogP contribution is 2.27. The fourth-order valence-corrected chi connectivity index (χ4v) is 4.43. The van der Waals surface area contributed by atoms with Crippen LogP contribution in [0.1, 0.15) is 35.6 Å². The Morgan fingerprint density at radius 1 is 1.22 bits per heavy atom. The van der Waals surface area contributed by atoms with Gasteiger partial charge in [-0.15, -0.1) is 11.3 Å². The van der Waals surface area contributed by atoms with Crippen molar-refractivity contribution in [2.45, 2.75) is 24.9 Å². The van der Waals surface area contributed by atoms with Crippen molar-refractivity contribution in [3.05, 3.63) is 46.5 Å². The number of rotatable bonds is 8. The summed E-state index contributed by atoms with van der Waals surface area (Å²) in [7, 11) is 5.94. The van der Waals surface area contributed by atoms with E-state index in [1.54, 1.807) is 6.26 Å². The van der Waals surface area contributed by atoms with Crippen LogP contribution in [0.2, 0.25) is 0 Å². The predicted molar refractivity (Wildman–Crippen MR) is 112 cm³/mol. The number of furan rings is 1. The van der Waals surface area contributed by atoms with Crippen molar-refractivity contribution in [3.8, 4) is 0 Å². The van der Waals surface area contributed by atoms with Crippen molar-refractivity contribution < 1.29 is 4.42 Å². The summed E-state index contributed by atoms with van der Waals surface area (Å²) in [6, 6.07) is 8.89. The molecular formula is C20H31N5OS. The predicted octanol–water partition coefficient (Wildman–Crippen LogP) is 2.95. The lowest BCUT2D eigenvalue weighted by Gasteiger charge is -2.28. The molecule has 1 aliphatic rings. The maximum atomic E-state index is 5.59. The third-order valence-corrected chi connectivity index (χ3v) is 6.07. The van der Waals surface area contributed by atoms with Crippen LogP contribution < -0.4 is 10.6 Å². The van der Waals surface area contributed by atoms with E-state index in [1.807, 2.05) is 30.5 Å². The van der Waals surface area contributed by atoms with E-state index in [1.165, 1.54) is 30.8 Å². The first-order chi connectivity index (χ1) is 13.2. The third kappa shape index (κ3) is 5.34. The van der Waals surface area contributed by atoms with Crippen molar-refractivity contribution in [1.29, 1.82) is 0 Å². The number of nitrogens with one attached hydrogen (secondary N) is 2. The Morgan fingerprint density at radius 3 is 2.59 bits per heavy atom. The van der Waals surface area contributed by atoms with Crippen LogP contribution in [0.15, 0.2) is 45.3 Å². The number of hydrogen-bond donors (Lipinski definition) is 2. The van der Waals surface area contributed by atoms with Crippen LogP contribution in [0.5, 0.6) is 0 Å². The second kappa shape index (κ2) is 9.92. The zero-order chi connectivity index (χ0) is 19.1. The van der Waals surface area contributed by atoms with E-state index in [9.17, 15) is 0 Å². The summed E-state index contributed by atoms with van der Waals surface area (Å²) in [5.41, 5.74) is 0. The highest BCUT2D eigenvalue weighted by Gasteiger charge is 2.24. The van der Waals surface area contributed by atoms with Gasteiger partial charge in [0.2, 0.25) is 0 Å². The van der Waals surface area contributed by atoms with E-state index in [4.69, 9.17) is 4.42 Å². The average Bonchev–Trinajstić information content (AvgIpc) is 3.43. The Balaban J connectivity index is 1.57. The molecule has 0 saturated carbocycles. The Labute approximate surface area is 166 Å². The molecule has 3 heterocycles. The topological polar surface area (TPSA) is 56.0 Å². The van der Waals surface area contributed by atoms with E-state index in [0.717, 1.165) is 24.8 Å². The summed E-state index contributed by atoms with van der Waals surface area (Å²) in [5, 5.41) is 9.14. The molecule has 0 amide bonds. The number of aliphatic imine (C=N–C) groups is 1. The molecule has 2 aromatic rings. The van der Waals surface area contributed by atoms with Crippen LogP contribution in [0, 0.1) is 0 Å². The van der Waals surface area contributed by atoms with Crippen molar-refractivity contribution >= 4 is 17.3 Å². The summed E-state index contributed by atoms with van der Waals surface area (Å²) in [4.78, 5) is 10.6. The minimum atomic E-state index is 0.158. The number of hydrogen-bond acceptors (Lipinski definition) is 5. The maximum Gasteiger partial charge on any atom is 0.191 e. The zero-order valence-electron chi connectivity index (χ0n) is 16.5. The van der Waals surface area contributed by atoms with Gasteiger partial charge < -0.3 is 15.1 Å². The first kappa shape index (κ1) is 19.9. The molecule has 2 aromatic heterocycles. The minimum Gasteiger partial charge on any atom is -0.468 e. The van der Waals surface area contributed by atoms with Gasteiger partial charge in [-0.25, -0.2) is 0 Å². The Morgan fingerprint density at radius 2 is 2.00 bits per heavy atom. The van der Waals surface area contributed by atoms with Gasteiger partial charge in [0.1, 0.15) is 5.76 Å². The number of nitrogens with zero attached hydrogens (tertiary/aromatic N) is 3. The van der Waals surface area contributed by atoms with E-state index in [2.05, 4.69) is 57.0 Å². The molecule has 27 heavy (non-hydrogen) atoms. The number of likely N-dealkylation sites (N-methyl/N-ethyl adjacent to an activating group) is 1. The fraction of sp³-hybridized carbons (Fsp3) is 0.550. The molecule has 1 fully saturated rings. The summed E-state index contributed by atoms with van der Waals surface area (Å²) >= 11 is 1.84. The summed E-state index contributed by atoms with van der Waals surface area (Å²) < 4.78 is 5.59. The number of guanidine groups is 1. The lowest BCUT2D eigenvalue weighted by molar-refractivity contribution is 0.247. The van der Waals surface area contributed by atoms with Crippen molar-refractivity contribution in [2.24, 2.45) is 4.99 Å². The molecule has 0 radical (unpaired) electrons. The smallest absolute Gasteiger partial charge is 0.191 e. The van der Waals surface area contributed by atoms with E-state index >= 15 is 0 Å². The minimum absolute atomic E-state index is 0.158. The molecular weight excluding hydrogens is 358 g/mol. The summed E-state index contributed by atoms with van der Waals surface area (Å²) in [6.45, 7) is 3.94. The molecule has 6 nitrogen and oxygen atoms in total. The van der Waals surface area contributed by atoms with Crippen LogP contribution in [0.25, 0.3) is 0 Å². The van der Waals surface area contributed by atoms with Crippen LogP contribution in [-0.2, 0) is 0 Å². The molecule has 148 valence electrons. The standard InChI is InChI=1S/C20H31N5OS/c1-21-20(22-14-16(24(2)3)18-8-6-12-26-18)23-15-17(19-9-7-13-27-19)25-10-4-5-11-25/h6-9,12-13,16-17H,4-5,10-11,14-15H2,1-3H3,(H2,21,22,23). The summed E-state index contributed by atoms with van der Waals surface area (Å²) in [5.74, 6) is 1.78. The van der Waals surface area contributed by atoms with E-state index < -0.39 is 0 Å². The molecule has 0 aromatic carbocycles. The van der Waals surface area contributed by atoms with Gasteiger partial charge in [0.25, 0.3) is 0 Å². The van der Waals surface area contributed by atoms with Crippen molar-refractivity contribution in [3.63, 3.8) is 0 Å². The maximum absolute atomic E-state index is 5.59. The normalized spacial score (nSPS) is 18.0. The molecule has 2 unspecified atom stereocenters.